The van der Waals surface area contributed by atoms with Gasteiger partial charge in [-0.3, -0.25) is 19.6 Å². The molecule has 3 heterocycles. The number of hydrazine groups is 1. The van der Waals surface area contributed by atoms with Crippen LogP contribution in [-0.2, 0) is 19.1 Å². The van der Waals surface area contributed by atoms with Crippen LogP contribution in [0.2, 0.25) is 0 Å². The van der Waals surface area contributed by atoms with E-state index < -0.39 is 35.6 Å². The third kappa shape index (κ3) is 6.50. The van der Waals surface area contributed by atoms with E-state index >= 15 is 0 Å². The fourth-order valence-corrected chi connectivity index (χ4v) is 5.38. The van der Waals surface area contributed by atoms with E-state index in [0.717, 1.165) is 53.8 Å². The number of rotatable bonds is 11. The molecule has 2 unspecified atom stereocenters. The van der Waals surface area contributed by atoms with Crippen LogP contribution in [0.1, 0.15) is 42.5 Å². The van der Waals surface area contributed by atoms with Gasteiger partial charge in [-0.2, -0.15) is 4.99 Å². The van der Waals surface area contributed by atoms with E-state index in [1.54, 1.807) is 6.20 Å². The number of urea groups is 1. The molecule has 1 aromatic heterocycles. The van der Waals surface area contributed by atoms with Gasteiger partial charge in [0.2, 0.25) is 6.41 Å². The molecule has 0 saturated carbocycles. The van der Waals surface area contributed by atoms with E-state index in [1.165, 1.54) is 20.3 Å². The summed E-state index contributed by atoms with van der Waals surface area (Å²) in [4.78, 5) is 49.2. The molecule has 214 valence electrons. The molecule has 2 aromatic rings. The van der Waals surface area contributed by atoms with Gasteiger partial charge in [-0.05, 0) is 68.7 Å². The van der Waals surface area contributed by atoms with Crippen LogP contribution >= 0.6 is 0 Å². The minimum absolute atomic E-state index is 0.0620. The van der Waals surface area contributed by atoms with Gasteiger partial charge >= 0.3 is 12.0 Å². The molecule has 1 fully saturated rings. The number of amides is 3. The largest absolute Gasteiger partial charge is 0.468 e. The second kappa shape index (κ2) is 13.5. The zero-order valence-corrected chi connectivity index (χ0v) is 22.5. The predicted molar refractivity (Wildman–Crippen MR) is 141 cm³/mol. The van der Waals surface area contributed by atoms with Gasteiger partial charge in [0.15, 0.2) is 11.6 Å². The number of hydrogen-bond donors (Lipinski definition) is 0. The normalized spacial score (nSPS) is 20.2. The van der Waals surface area contributed by atoms with Crippen LogP contribution in [-0.4, -0.2) is 91.0 Å². The maximum Gasteiger partial charge on any atom is 0.363 e. The van der Waals surface area contributed by atoms with E-state index in [-0.39, 0.29) is 24.4 Å². The fraction of sp³-hybridized carbons (Fsp3) is 0.464. The summed E-state index contributed by atoms with van der Waals surface area (Å²) in [6.07, 6.45) is 4.74. The average Bonchev–Trinajstić information content (AvgIpc) is 2.97. The predicted octanol–water partition coefficient (Wildman–Crippen LogP) is 3.36. The Hall–Kier alpha value is -3.77. The first kappa shape index (κ1) is 29.2. The molecule has 2 aliphatic rings. The van der Waals surface area contributed by atoms with E-state index in [9.17, 15) is 23.2 Å². The number of carbonyl (C=O) groups excluding carboxylic acids is 3. The van der Waals surface area contributed by atoms with E-state index in [1.807, 2.05) is 18.2 Å². The van der Waals surface area contributed by atoms with Crippen LogP contribution < -0.4 is 0 Å². The van der Waals surface area contributed by atoms with Crippen molar-refractivity contribution in [3.63, 3.8) is 0 Å². The summed E-state index contributed by atoms with van der Waals surface area (Å²) in [5.41, 5.74) is 1.26. The Morgan fingerprint density at radius 1 is 1.15 bits per heavy atom. The van der Waals surface area contributed by atoms with Crippen molar-refractivity contribution in [1.82, 2.24) is 19.9 Å². The highest BCUT2D eigenvalue weighted by molar-refractivity contribution is 6.10. The molecule has 0 aliphatic carbocycles. The van der Waals surface area contributed by atoms with Crippen molar-refractivity contribution in [2.24, 2.45) is 10.9 Å². The van der Waals surface area contributed by atoms with Gasteiger partial charge in [0.25, 0.3) is 0 Å². The highest BCUT2D eigenvalue weighted by Crippen LogP contribution is 2.36. The third-order valence-electron chi connectivity index (χ3n) is 7.36. The zero-order chi connectivity index (χ0) is 28.6. The number of benzene rings is 1. The molecule has 12 heteroatoms. The first-order valence-corrected chi connectivity index (χ1v) is 13.1. The molecule has 0 bridgehead atoms. The molecule has 0 radical (unpaired) electrons. The van der Waals surface area contributed by atoms with Gasteiger partial charge in [-0.25, -0.2) is 18.6 Å². The van der Waals surface area contributed by atoms with Crippen LogP contribution in [0.3, 0.4) is 0 Å². The number of hydrogen-bond acceptors (Lipinski definition) is 7. The molecule has 2 atom stereocenters. The van der Waals surface area contributed by atoms with Gasteiger partial charge in [0, 0.05) is 31.5 Å². The topological polar surface area (TPSA) is 105 Å². The SMILES string of the molecule is COCC1=NC(=O)N(N(C=O)CCCN2CCC(c3ccccn3)CC2)C(c2ccc(F)c(F)c2)C1C(=O)OC. The van der Waals surface area contributed by atoms with Crippen LogP contribution in [0.4, 0.5) is 13.6 Å². The Labute approximate surface area is 231 Å². The molecule has 3 amide bonds. The highest BCUT2D eigenvalue weighted by Gasteiger charge is 2.47. The Kier molecular flexibility index (Phi) is 9.88. The highest BCUT2D eigenvalue weighted by atomic mass is 19.2. The number of likely N-dealkylation sites (tertiary alicyclic amines) is 1. The van der Waals surface area contributed by atoms with Crippen molar-refractivity contribution in [3.8, 4) is 0 Å². The molecule has 0 N–H and O–H groups in total. The minimum Gasteiger partial charge on any atom is -0.468 e. The summed E-state index contributed by atoms with van der Waals surface area (Å²) in [6, 6.07) is 6.98. The first-order chi connectivity index (χ1) is 19.4. The molecule has 1 saturated heterocycles. The lowest BCUT2D eigenvalue weighted by Crippen LogP contribution is -2.55. The lowest BCUT2D eigenvalue weighted by atomic mass is 9.87. The Bertz CT molecular complexity index is 1220. The fourth-order valence-electron chi connectivity index (χ4n) is 5.38. The van der Waals surface area contributed by atoms with E-state index in [0.29, 0.717) is 25.3 Å². The van der Waals surface area contributed by atoms with Crippen molar-refractivity contribution < 1.29 is 32.6 Å². The van der Waals surface area contributed by atoms with Crippen LogP contribution in [0.25, 0.3) is 0 Å². The number of methoxy groups -OCH3 is 2. The van der Waals surface area contributed by atoms with Gasteiger partial charge in [-0.15, -0.1) is 0 Å². The van der Waals surface area contributed by atoms with Crippen molar-refractivity contribution >= 4 is 24.1 Å². The molecule has 40 heavy (non-hydrogen) atoms. The number of aromatic nitrogens is 1. The Balaban J connectivity index is 1.51. The quantitative estimate of drug-likeness (QED) is 0.308. The standard InChI is InChI=1S/C28H33F2N5O5/c1-39-17-24-25(27(37)40-2)26(20-7-8-21(29)22(30)16-20)35(28(38)32-24)34(18-36)13-5-12-33-14-9-19(10-15-33)23-6-3-4-11-31-23/h3-4,6-8,11,16,18-19,25-26H,5,9-10,12-15,17H2,1-2H3. The monoisotopic (exact) mass is 557 g/mol. The number of halogens is 2. The number of ether oxygens (including phenoxy) is 2. The van der Waals surface area contributed by atoms with Gasteiger partial charge < -0.3 is 14.4 Å². The van der Waals surface area contributed by atoms with E-state index in [2.05, 4.69) is 14.9 Å². The Morgan fingerprint density at radius 3 is 2.55 bits per heavy atom. The Morgan fingerprint density at radius 2 is 1.93 bits per heavy atom. The van der Waals surface area contributed by atoms with Gasteiger partial charge in [0.1, 0.15) is 5.92 Å². The van der Waals surface area contributed by atoms with Crippen molar-refractivity contribution in [3.05, 3.63) is 65.5 Å². The third-order valence-corrected chi connectivity index (χ3v) is 7.36. The van der Waals surface area contributed by atoms with E-state index in [4.69, 9.17) is 9.47 Å². The maximum absolute atomic E-state index is 14.3. The van der Waals surface area contributed by atoms with Crippen molar-refractivity contribution in [1.29, 1.82) is 0 Å². The number of pyridine rings is 1. The van der Waals surface area contributed by atoms with Crippen molar-refractivity contribution in [2.45, 2.75) is 31.2 Å². The molecule has 2 aliphatic heterocycles. The number of carbonyl (C=O) groups is 3. The van der Waals surface area contributed by atoms with Crippen LogP contribution in [0.5, 0.6) is 0 Å². The lowest BCUT2D eigenvalue weighted by molar-refractivity contribution is -0.150. The maximum atomic E-state index is 14.3. The molecule has 4 rings (SSSR count). The first-order valence-electron chi connectivity index (χ1n) is 13.1. The zero-order valence-electron chi connectivity index (χ0n) is 22.5. The molecule has 1 aromatic carbocycles. The summed E-state index contributed by atoms with van der Waals surface area (Å²) >= 11 is 0. The van der Waals surface area contributed by atoms with Gasteiger partial charge in [0.05, 0.1) is 25.5 Å². The second-order valence-electron chi connectivity index (χ2n) is 9.78. The second-order valence-corrected chi connectivity index (χ2v) is 9.78. The summed E-state index contributed by atoms with van der Waals surface area (Å²) in [5.74, 6) is -3.81. The summed E-state index contributed by atoms with van der Waals surface area (Å²) in [6.45, 7) is 2.39. The molecule has 10 nitrogen and oxygen atoms in total. The number of piperidine rings is 1. The molecular formula is C28H33F2N5O5. The number of esters is 1. The van der Waals surface area contributed by atoms with Gasteiger partial charge in [-0.1, -0.05) is 12.1 Å². The summed E-state index contributed by atoms with van der Waals surface area (Å²) in [7, 11) is 2.54. The summed E-state index contributed by atoms with van der Waals surface area (Å²) < 4.78 is 38.2. The van der Waals surface area contributed by atoms with Crippen molar-refractivity contribution in [2.75, 3.05) is 47.0 Å². The number of nitrogens with zero attached hydrogens (tertiary/aromatic N) is 5. The lowest BCUT2D eigenvalue weighted by Gasteiger charge is -2.43. The smallest absolute Gasteiger partial charge is 0.363 e. The molecule has 0 spiro atoms. The van der Waals surface area contributed by atoms with Crippen LogP contribution in [0, 0.1) is 17.6 Å². The average molecular weight is 558 g/mol. The summed E-state index contributed by atoms with van der Waals surface area (Å²) in [5, 5.41) is 2.16. The number of aliphatic imine (C=N–C) groups is 1. The molecular weight excluding hydrogens is 524 g/mol. The van der Waals surface area contributed by atoms with Crippen LogP contribution in [0.15, 0.2) is 47.6 Å². The minimum atomic E-state index is -1.21.